The van der Waals surface area contributed by atoms with Crippen LogP contribution in [0.5, 0.6) is 0 Å². The number of halogens is 3. The maximum Gasteiger partial charge on any atom is 0.313 e. The minimum Gasteiger partial charge on any atom is -0.481 e. The average Bonchev–Trinajstić information content (AvgIpc) is 3.60. The maximum atomic E-state index is 12.3. The van der Waals surface area contributed by atoms with E-state index in [0.29, 0.717) is 22.2 Å². The number of nitrogens with zero attached hydrogens (tertiary/aromatic N) is 6. The first kappa shape index (κ1) is 42.3. The Kier molecular flexibility index (Phi) is 15.9. The number of thiol groups is 1. The van der Waals surface area contributed by atoms with Gasteiger partial charge >= 0.3 is 5.97 Å². The summed E-state index contributed by atoms with van der Waals surface area (Å²) < 4.78 is 5.29. The van der Waals surface area contributed by atoms with Crippen LogP contribution in [0.2, 0.25) is 5.02 Å². The molecule has 17 heteroatoms. The van der Waals surface area contributed by atoms with Gasteiger partial charge in [0.15, 0.2) is 6.29 Å². The molecule has 1 aliphatic rings. The van der Waals surface area contributed by atoms with Crippen molar-refractivity contribution in [2.75, 3.05) is 22.6 Å². The highest BCUT2D eigenvalue weighted by Gasteiger charge is 2.32. The van der Waals surface area contributed by atoms with Crippen molar-refractivity contribution in [1.29, 1.82) is 0 Å². The molecule has 7 rings (SSSR count). The topological polar surface area (TPSA) is 171 Å². The number of aryl methyl sites for hydroxylation is 3. The number of aromatic nitrogens is 6. The van der Waals surface area contributed by atoms with Crippen molar-refractivity contribution in [3.8, 4) is 22.8 Å². The van der Waals surface area contributed by atoms with E-state index in [1.165, 1.54) is 11.1 Å². The van der Waals surface area contributed by atoms with Crippen molar-refractivity contribution in [1.82, 2.24) is 29.5 Å². The van der Waals surface area contributed by atoms with Crippen molar-refractivity contribution in [2.45, 2.75) is 12.2 Å². The third-order valence-electron chi connectivity index (χ3n) is 7.47. The second kappa shape index (κ2) is 20.3. The molecule has 5 heterocycles. The van der Waals surface area contributed by atoms with E-state index < -0.39 is 5.97 Å². The standard InChI is InChI=1S/C19H17BrN4OS.C9H10N4.C7H4BrClO.C2H4O2S/c1-11-9-12(20)6-7-13(11)18-16-17(14-5-3-4-8-21-14)23-24(2)19(16)22-15(25)10-26-18;1-13-9(10)6-8(12-13)7-4-2-3-5-11-7;8-6-2-1-5(4-10)7(9)3-6;3-2(4)1-5/h3-9,18H,10H2,1-2H3,(H,22,25);2-6H,10H2,1H3;1-4H;5H,1H2,(H,3,4). The van der Waals surface area contributed by atoms with Gasteiger partial charge in [-0.15, -0.1) is 11.8 Å². The number of carbonyl (C=O) groups excluding carboxylic acids is 2. The number of rotatable bonds is 5. The van der Waals surface area contributed by atoms with E-state index in [-0.39, 0.29) is 16.9 Å². The first-order valence-electron chi connectivity index (χ1n) is 15.9. The second-order valence-electron chi connectivity index (χ2n) is 11.3. The lowest BCUT2D eigenvalue weighted by Crippen LogP contribution is -2.15. The first-order valence-corrected chi connectivity index (χ1v) is 19.6. The van der Waals surface area contributed by atoms with Crippen LogP contribution in [0.15, 0.2) is 100 Å². The number of nitrogens with one attached hydrogen (secondary N) is 1. The lowest BCUT2D eigenvalue weighted by atomic mass is 9.98. The van der Waals surface area contributed by atoms with E-state index in [4.69, 9.17) is 22.4 Å². The van der Waals surface area contributed by atoms with Crippen LogP contribution in [0.25, 0.3) is 22.8 Å². The van der Waals surface area contributed by atoms with Crippen molar-refractivity contribution in [2.24, 2.45) is 14.1 Å². The number of hydrogen-bond acceptors (Lipinski definition) is 10. The number of carboxylic acid groups (broad SMARTS) is 1. The normalized spacial score (nSPS) is 12.9. The molecule has 0 fully saturated rings. The largest absolute Gasteiger partial charge is 0.481 e. The summed E-state index contributed by atoms with van der Waals surface area (Å²) in [6.45, 7) is 2.09. The molecule has 1 unspecified atom stereocenters. The van der Waals surface area contributed by atoms with Gasteiger partial charge in [0.05, 0.1) is 33.2 Å². The van der Waals surface area contributed by atoms with Crippen molar-refractivity contribution in [3.63, 3.8) is 0 Å². The predicted molar refractivity (Wildman–Crippen MR) is 225 cm³/mol. The lowest BCUT2D eigenvalue weighted by Gasteiger charge is -2.18. The average molecular weight is 915 g/mol. The molecule has 0 spiro atoms. The van der Waals surface area contributed by atoms with Gasteiger partial charge in [0.1, 0.15) is 23.0 Å². The predicted octanol–water partition coefficient (Wildman–Crippen LogP) is 8.31. The smallest absolute Gasteiger partial charge is 0.313 e. The molecule has 1 aliphatic heterocycles. The van der Waals surface area contributed by atoms with E-state index in [0.717, 1.165) is 49.4 Å². The van der Waals surface area contributed by atoms with Crippen molar-refractivity contribution < 1.29 is 19.5 Å². The van der Waals surface area contributed by atoms with Gasteiger partial charge < -0.3 is 16.2 Å². The monoisotopic (exact) mass is 912 g/mol. The van der Waals surface area contributed by atoms with Gasteiger partial charge in [-0.25, -0.2) is 0 Å². The van der Waals surface area contributed by atoms with Crippen LogP contribution >= 0.6 is 67.9 Å². The SMILES string of the molecule is Cc1cc(Br)ccc1C1SCC(=O)Nc2c1c(-c1ccccn1)nn2C.Cn1nc(-c2ccccn2)cc1N.O=C(O)CS.O=Cc1ccc(Br)cc1Cl. The van der Waals surface area contributed by atoms with Crippen LogP contribution in [-0.2, 0) is 23.7 Å². The number of nitrogens with two attached hydrogens (primary N) is 1. The zero-order valence-electron chi connectivity index (χ0n) is 29.2. The number of aliphatic carboxylic acids is 1. The second-order valence-corrected chi connectivity index (χ2v) is 15.0. The molecule has 0 saturated heterocycles. The first-order chi connectivity index (χ1) is 25.8. The van der Waals surface area contributed by atoms with E-state index in [1.54, 1.807) is 51.7 Å². The molecule has 0 aliphatic carbocycles. The zero-order valence-corrected chi connectivity index (χ0v) is 34.8. The van der Waals surface area contributed by atoms with Crippen LogP contribution in [-0.4, -0.2) is 64.3 Å². The summed E-state index contributed by atoms with van der Waals surface area (Å²) in [4.78, 5) is 40.4. The highest BCUT2D eigenvalue weighted by Crippen LogP contribution is 2.46. The molecule has 280 valence electrons. The number of carbonyl (C=O) groups is 3. The summed E-state index contributed by atoms with van der Waals surface area (Å²) in [6.07, 6.45) is 4.23. The number of hydrogen-bond donors (Lipinski definition) is 4. The molecule has 4 N–H and O–H groups in total. The molecule has 6 aromatic rings. The number of thioether (sulfide) groups is 1. The fourth-order valence-corrected chi connectivity index (χ4v) is 7.35. The fourth-order valence-electron chi connectivity index (χ4n) is 4.94. The van der Waals surface area contributed by atoms with Crippen LogP contribution in [0.1, 0.15) is 32.3 Å². The summed E-state index contributed by atoms with van der Waals surface area (Å²) in [5.41, 5.74) is 12.8. The molecule has 0 bridgehead atoms. The van der Waals surface area contributed by atoms with E-state index in [1.807, 2.05) is 62.6 Å². The Morgan fingerprint density at radius 2 is 1.61 bits per heavy atom. The maximum absolute atomic E-state index is 12.3. The number of amides is 1. The van der Waals surface area contributed by atoms with Gasteiger partial charge in [-0.3, -0.25) is 33.7 Å². The van der Waals surface area contributed by atoms with Crippen LogP contribution in [0.3, 0.4) is 0 Å². The Morgan fingerprint density at radius 1 is 0.981 bits per heavy atom. The van der Waals surface area contributed by atoms with Gasteiger partial charge in [-0.2, -0.15) is 22.8 Å². The highest BCUT2D eigenvalue weighted by molar-refractivity contribution is 9.10. The van der Waals surface area contributed by atoms with Crippen LogP contribution in [0.4, 0.5) is 11.6 Å². The number of fused-ring (bicyclic) bond motifs is 1. The number of anilines is 2. The summed E-state index contributed by atoms with van der Waals surface area (Å²) in [6, 6.07) is 24.7. The minimum atomic E-state index is -0.881. The molecular weight excluding hydrogens is 880 g/mol. The number of nitrogen functional groups attached to an aromatic ring is 1. The van der Waals surface area contributed by atoms with Gasteiger partial charge in [0.2, 0.25) is 5.91 Å². The third-order valence-corrected chi connectivity index (χ3v) is 10.3. The van der Waals surface area contributed by atoms with E-state index in [9.17, 15) is 14.4 Å². The molecule has 0 radical (unpaired) electrons. The molecule has 1 amide bonds. The van der Waals surface area contributed by atoms with Crippen molar-refractivity contribution in [3.05, 3.63) is 127 Å². The quantitative estimate of drug-likeness (QED) is 0.0975. The third kappa shape index (κ3) is 11.5. The Balaban J connectivity index is 0.000000192. The van der Waals surface area contributed by atoms with E-state index in [2.05, 4.69) is 89.0 Å². The Hall–Kier alpha value is -4.48. The highest BCUT2D eigenvalue weighted by atomic mass is 79.9. The molecule has 54 heavy (non-hydrogen) atoms. The summed E-state index contributed by atoms with van der Waals surface area (Å²) in [5.74, 6) is 0.808. The number of aldehydes is 1. The van der Waals surface area contributed by atoms with E-state index >= 15 is 0 Å². The fraction of sp³-hybridized carbons (Fsp3) is 0.162. The summed E-state index contributed by atoms with van der Waals surface area (Å²) in [5, 5.41) is 20.0. The minimum absolute atomic E-state index is 0.00255. The molecule has 1 atom stereocenters. The Labute approximate surface area is 343 Å². The van der Waals surface area contributed by atoms with Crippen LogP contribution in [0, 0.1) is 6.92 Å². The lowest BCUT2D eigenvalue weighted by molar-refractivity contribution is -0.133. The Morgan fingerprint density at radius 3 is 2.15 bits per heavy atom. The summed E-state index contributed by atoms with van der Waals surface area (Å²) in [7, 11) is 3.66. The Bertz CT molecular complexity index is 2200. The summed E-state index contributed by atoms with van der Waals surface area (Å²) >= 11 is 17.5. The number of benzene rings is 2. The molecule has 2 aromatic carbocycles. The number of carboxylic acids is 1. The number of pyridine rings is 2. The van der Waals surface area contributed by atoms with Gasteiger partial charge in [0.25, 0.3) is 0 Å². The molecular formula is C37H35Br2ClN8O4S2. The molecule has 4 aromatic heterocycles. The van der Waals surface area contributed by atoms with Crippen molar-refractivity contribution >= 4 is 97.6 Å². The molecule has 0 saturated carbocycles. The zero-order chi connectivity index (χ0) is 39.4. The van der Waals surface area contributed by atoms with Gasteiger partial charge in [-0.05, 0) is 72.6 Å². The van der Waals surface area contributed by atoms with Gasteiger partial charge in [0, 0.05) is 52.6 Å². The van der Waals surface area contributed by atoms with Crippen LogP contribution < -0.4 is 11.1 Å². The van der Waals surface area contributed by atoms with Gasteiger partial charge in [-0.1, -0.05) is 61.7 Å². The molecule has 12 nitrogen and oxygen atoms in total.